The Morgan fingerprint density at radius 2 is 1.92 bits per heavy atom. The topological polar surface area (TPSA) is 44.4 Å². The molecule has 1 aliphatic heterocycles. The third kappa shape index (κ3) is 3.77. The smallest absolute Gasteiger partial charge is 0.241 e. The zero-order chi connectivity index (χ0) is 17.1. The van der Waals surface area contributed by atoms with Crippen molar-refractivity contribution in [3.63, 3.8) is 0 Å². The van der Waals surface area contributed by atoms with E-state index >= 15 is 0 Å². The normalized spacial score (nSPS) is 20.7. The molecule has 2 aromatic rings. The average molecular weight is 325 g/mol. The molecule has 2 atom stereocenters. The van der Waals surface area contributed by atoms with Gasteiger partial charge in [-0.2, -0.15) is 0 Å². The van der Waals surface area contributed by atoms with E-state index < -0.39 is 0 Å². The van der Waals surface area contributed by atoms with Gasteiger partial charge in [0.1, 0.15) is 6.04 Å². The molecule has 1 saturated heterocycles. The molecule has 2 aromatic carbocycles. The lowest BCUT2D eigenvalue weighted by molar-refractivity contribution is -0.132. The maximum absolute atomic E-state index is 12.7. The van der Waals surface area contributed by atoms with Crippen LogP contribution >= 0.6 is 0 Å². The summed E-state index contributed by atoms with van der Waals surface area (Å²) in [4.78, 5) is 14.6. The molecule has 1 aliphatic rings. The third-order valence-electron chi connectivity index (χ3n) is 4.70. The molecule has 24 heavy (non-hydrogen) atoms. The van der Waals surface area contributed by atoms with E-state index in [0.717, 1.165) is 12.8 Å². The summed E-state index contributed by atoms with van der Waals surface area (Å²) >= 11 is 0. The van der Waals surface area contributed by atoms with Gasteiger partial charge in [-0.3, -0.25) is 10.2 Å². The minimum atomic E-state index is -0.131. The van der Waals surface area contributed by atoms with Crippen molar-refractivity contribution >= 4 is 16.7 Å². The first-order valence-electron chi connectivity index (χ1n) is 8.77. The first-order chi connectivity index (χ1) is 11.5. The fourth-order valence-electron chi connectivity index (χ4n) is 3.54. The molecular formula is C20H27N3O. The molecule has 1 fully saturated rings. The summed E-state index contributed by atoms with van der Waals surface area (Å²) in [7, 11) is 1.89. The lowest BCUT2D eigenvalue weighted by Gasteiger charge is -2.21. The molecule has 1 heterocycles. The molecule has 0 aromatic heterocycles. The number of hydrogen-bond donors (Lipinski definition) is 2. The molecule has 0 saturated carbocycles. The number of likely N-dealkylation sites (N-methyl/N-ethyl adjacent to an activating group) is 1. The summed E-state index contributed by atoms with van der Waals surface area (Å²) in [5.41, 5.74) is 7.63. The summed E-state index contributed by atoms with van der Waals surface area (Å²) in [6.45, 7) is 5.06. The molecule has 128 valence electrons. The Morgan fingerprint density at radius 3 is 2.71 bits per heavy atom. The number of fused-ring (bicyclic) bond motifs is 1. The van der Waals surface area contributed by atoms with Gasteiger partial charge >= 0.3 is 0 Å². The van der Waals surface area contributed by atoms with Crippen molar-refractivity contribution in [2.24, 2.45) is 5.92 Å². The van der Waals surface area contributed by atoms with Gasteiger partial charge in [0.2, 0.25) is 5.91 Å². The highest BCUT2D eigenvalue weighted by Crippen LogP contribution is 2.21. The number of carbonyl (C=O) groups excluding carboxylic acids is 1. The van der Waals surface area contributed by atoms with Gasteiger partial charge in [-0.25, -0.2) is 5.43 Å². The first-order valence-corrected chi connectivity index (χ1v) is 8.77. The van der Waals surface area contributed by atoms with E-state index in [9.17, 15) is 4.79 Å². The van der Waals surface area contributed by atoms with Crippen LogP contribution in [0.25, 0.3) is 10.8 Å². The minimum Gasteiger partial charge on any atom is -0.340 e. The molecular weight excluding hydrogens is 298 g/mol. The third-order valence-corrected chi connectivity index (χ3v) is 4.70. The molecule has 3 rings (SSSR count). The fourth-order valence-corrected chi connectivity index (χ4v) is 3.54. The molecule has 0 spiro atoms. The summed E-state index contributed by atoms with van der Waals surface area (Å²) < 4.78 is 0. The molecule has 4 heteroatoms. The van der Waals surface area contributed by atoms with E-state index in [0.29, 0.717) is 18.5 Å². The van der Waals surface area contributed by atoms with Crippen LogP contribution in [-0.4, -0.2) is 29.9 Å². The Hall–Kier alpha value is -1.91. The van der Waals surface area contributed by atoms with Crippen molar-refractivity contribution in [3.05, 3.63) is 48.0 Å². The zero-order valence-electron chi connectivity index (χ0n) is 14.8. The van der Waals surface area contributed by atoms with E-state index in [1.54, 1.807) is 0 Å². The number of nitrogens with zero attached hydrogens (tertiary/aromatic N) is 1. The highest BCUT2D eigenvalue weighted by atomic mass is 16.2. The number of hydrogen-bond acceptors (Lipinski definition) is 3. The number of nitrogens with one attached hydrogen (secondary N) is 2. The maximum Gasteiger partial charge on any atom is 0.241 e. The second-order valence-electron chi connectivity index (χ2n) is 7.24. The molecule has 4 nitrogen and oxygen atoms in total. The fraction of sp³-hybridized carbons (Fsp3) is 0.450. The quantitative estimate of drug-likeness (QED) is 0.888. The average Bonchev–Trinajstić information content (AvgIpc) is 3.02. The van der Waals surface area contributed by atoms with E-state index in [2.05, 4.69) is 55.0 Å². The predicted molar refractivity (Wildman–Crippen MR) is 98.3 cm³/mol. The van der Waals surface area contributed by atoms with E-state index in [4.69, 9.17) is 0 Å². The van der Waals surface area contributed by atoms with Crippen LogP contribution in [0.15, 0.2) is 42.5 Å². The molecule has 0 radical (unpaired) electrons. The molecule has 0 bridgehead atoms. The van der Waals surface area contributed by atoms with Crippen molar-refractivity contribution in [1.82, 2.24) is 15.8 Å². The predicted octanol–water partition coefficient (Wildman–Crippen LogP) is 3.08. The van der Waals surface area contributed by atoms with Crippen LogP contribution in [0.4, 0.5) is 0 Å². The van der Waals surface area contributed by atoms with Crippen LogP contribution in [0, 0.1) is 5.92 Å². The van der Waals surface area contributed by atoms with Crippen LogP contribution in [0.3, 0.4) is 0 Å². The van der Waals surface area contributed by atoms with Gasteiger partial charge in [0.15, 0.2) is 0 Å². The molecule has 2 N–H and O–H groups in total. The summed E-state index contributed by atoms with van der Waals surface area (Å²) in [6.07, 6.45) is 1.95. The minimum absolute atomic E-state index is 0.131. The number of rotatable bonds is 5. The Labute approximate surface area is 144 Å². The summed E-state index contributed by atoms with van der Waals surface area (Å²) in [5.74, 6) is 0.785. The van der Waals surface area contributed by atoms with Crippen LogP contribution in [0.1, 0.15) is 32.3 Å². The van der Waals surface area contributed by atoms with Crippen LogP contribution < -0.4 is 10.9 Å². The Kier molecular flexibility index (Phi) is 5.17. The van der Waals surface area contributed by atoms with Gasteiger partial charge in [-0.05, 0) is 35.1 Å². The second-order valence-corrected chi connectivity index (χ2v) is 7.24. The second kappa shape index (κ2) is 7.32. The summed E-state index contributed by atoms with van der Waals surface area (Å²) in [5, 5.41) is 2.43. The first kappa shape index (κ1) is 16.9. The molecule has 2 unspecified atom stereocenters. The van der Waals surface area contributed by atoms with Crippen molar-refractivity contribution in [2.75, 3.05) is 7.05 Å². The van der Waals surface area contributed by atoms with Crippen LogP contribution in [-0.2, 0) is 11.3 Å². The van der Waals surface area contributed by atoms with Crippen LogP contribution in [0.2, 0.25) is 0 Å². The maximum atomic E-state index is 12.7. The van der Waals surface area contributed by atoms with Gasteiger partial charge < -0.3 is 4.90 Å². The van der Waals surface area contributed by atoms with Gasteiger partial charge in [0.05, 0.1) is 0 Å². The molecule has 0 aliphatic carbocycles. The SMILES string of the molecule is CC(C)CC1CC(C(=O)N(C)Cc2cccc3ccccc23)NN1. The number of carbonyl (C=O) groups is 1. The van der Waals surface area contributed by atoms with Crippen LogP contribution in [0.5, 0.6) is 0 Å². The Balaban J connectivity index is 1.66. The molecule has 1 amide bonds. The lowest BCUT2D eigenvalue weighted by Crippen LogP contribution is -2.44. The van der Waals surface area contributed by atoms with Crippen molar-refractivity contribution in [2.45, 2.75) is 45.3 Å². The van der Waals surface area contributed by atoms with E-state index in [1.165, 1.54) is 16.3 Å². The van der Waals surface area contributed by atoms with Crippen molar-refractivity contribution in [1.29, 1.82) is 0 Å². The van der Waals surface area contributed by atoms with Gasteiger partial charge in [-0.15, -0.1) is 0 Å². The number of amides is 1. The highest BCUT2D eigenvalue weighted by molar-refractivity contribution is 5.87. The van der Waals surface area contributed by atoms with E-state index in [-0.39, 0.29) is 11.9 Å². The Morgan fingerprint density at radius 1 is 1.17 bits per heavy atom. The van der Waals surface area contributed by atoms with Gasteiger partial charge in [0, 0.05) is 19.6 Å². The Bertz CT molecular complexity index is 708. The number of benzene rings is 2. The highest BCUT2D eigenvalue weighted by Gasteiger charge is 2.31. The monoisotopic (exact) mass is 325 g/mol. The van der Waals surface area contributed by atoms with Crippen molar-refractivity contribution in [3.8, 4) is 0 Å². The summed E-state index contributed by atoms with van der Waals surface area (Å²) in [6, 6.07) is 14.9. The van der Waals surface area contributed by atoms with Crippen molar-refractivity contribution < 1.29 is 4.79 Å². The van der Waals surface area contributed by atoms with Gasteiger partial charge in [-0.1, -0.05) is 56.3 Å². The number of hydrazine groups is 1. The van der Waals surface area contributed by atoms with Gasteiger partial charge in [0.25, 0.3) is 0 Å². The van der Waals surface area contributed by atoms with E-state index in [1.807, 2.05) is 24.1 Å². The largest absolute Gasteiger partial charge is 0.340 e. The zero-order valence-corrected chi connectivity index (χ0v) is 14.8. The lowest BCUT2D eigenvalue weighted by atomic mass is 9.99. The standard InChI is InChI=1S/C20H27N3O/c1-14(2)11-17-12-19(22-21-17)20(24)23(3)13-16-9-6-8-15-7-4-5-10-18(15)16/h4-10,14,17,19,21-22H,11-13H2,1-3H3.